The summed E-state index contributed by atoms with van der Waals surface area (Å²) in [6, 6.07) is 6.67. The minimum atomic E-state index is -0.600. The van der Waals surface area contributed by atoms with E-state index in [1.54, 1.807) is 24.3 Å². The molecule has 1 aromatic carbocycles. The Kier molecular flexibility index (Phi) is 5.03. The summed E-state index contributed by atoms with van der Waals surface area (Å²) in [5, 5.41) is 10.9. The second-order valence-corrected chi connectivity index (χ2v) is 6.42. The van der Waals surface area contributed by atoms with E-state index in [1.165, 1.54) is 0 Å². The maximum atomic E-state index is 12.3. The van der Waals surface area contributed by atoms with Crippen molar-refractivity contribution in [3.8, 4) is 0 Å². The fourth-order valence-electron chi connectivity index (χ4n) is 2.32. The second-order valence-electron chi connectivity index (χ2n) is 5.36. The molecular weight excluding hydrogens is 344 g/mol. The van der Waals surface area contributed by atoms with Crippen LogP contribution in [-0.2, 0) is 11.3 Å². The first-order valence-electron chi connectivity index (χ1n) is 7.81. The maximum Gasteiger partial charge on any atom is 0.413 e. The van der Waals surface area contributed by atoms with Crippen molar-refractivity contribution in [2.45, 2.75) is 26.3 Å². The number of imide groups is 1. The lowest BCUT2D eigenvalue weighted by atomic mass is 10.1. The highest BCUT2D eigenvalue weighted by Gasteiger charge is 2.35. The van der Waals surface area contributed by atoms with Crippen LogP contribution < -0.4 is 5.32 Å². The average Bonchev–Trinajstić information content (AvgIpc) is 3.14. The molecule has 1 N–H and O–H groups in total. The fourth-order valence-corrected chi connectivity index (χ4v) is 3.03. The minimum Gasteiger partial charge on any atom is -0.449 e. The molecule has 0 unspecified atom stereocenters. The standard InChI is InChI=1S/C16H16N4O4S/c1-2-3-8-24-16(23)17-15-19-18-12(25-15)9-20-13(21)10-6-4-5-7-11(10)14(20)22/h4-7H,2-3,8-9H2,1H3,(H,17,19,23). The van der Waals surface area contributed by atoms with E-state index in [1.807, 2.05) is 6.92 Å². The van der Waals surface area contributed by atoms with E-state index in [9.17, 15) is 14.4 Å². The first kappa shape index (κ1) is 17.0. The normalized spacial score (nSPS) is 13.1. The van der Waals surface area contributed by atoms with Gasteiger partial charge in [0.05, 0.1) is 24.3 Å². The molecule has 130 valence electrons. The Morgan fingerprint density at radius 2 is 1.88 bits per heavy atom. The van der Waals surface area contributed by atoms with Crippen molar-refractivity contribution in [1.29, 1.82) is 0 Å². The molecule has 25 heavy (non-hydrogen) atoms. The van der Waals surface area contributed by atoms with Crippen molar-refractivity contribution in [3.63, 3.8) is 0 Å². The molecule has 1 aliphatic rings. The van der Waals surface area contributed by atoms with Crippen LogP contribution in [0.2, 0.25) is 0 Å². The molecule has 0 fully saturated rings. The quantitative estimate of drug-likeness (QED) is 0.628. The number of amides is 3. The summed E-state index contributed by atoms with van der Waals surface area (Å²) >= 11 is 1.09. The first-order valence-corrected chi connectivity index (χ1v) is 8.63. The summed E-state index contributed by atoms with van der Waals surface area (Å²) in [5.41, 5.74) is 0.768. The molecule has 8 nitrogen and oxygen atoms in total. The van der Waals surface area contributed by atoms with E-state index in [2.05, 4.69) is 15.5 Å². The van der Waals surface area contributed by atoms with Crippen molar-refractivity contribution in [2.24, 2.45) is 0 Å². The maximum absolute atomic E-state index is 12.3. The molecule has 0 atom stereocenters. The van der Waals surface area contributed by atoms with E-state index in [0.29, 0.717) is 22.7 Å². The zero-order valence-electron chi connectivity index (χ0n) is 13.5. The molecule has 0 aliphatic carbocycles. The third kappa shape index (κ3) is 3.66. The van der Waals surface area contributed by atoms with Crippen LogP contribution in [-0.4, -0.2) is 39.6 Å². The van der Waals surface area contributed by atoms with Crippen LogP contribution >= 0.6 is 11.3 Å². The SMILES string of the molecule is CCCCOC(=O)Nc1nnc(CN2C(=O)c3ccccc3C2=O)s1. The lowest BCUT2D eigenvalue weighted by molar-refractivity contribution is 0.0642. The van der Waals surface area contributed by atoms with Gasteiger partial charge < -0.3 is 4.74 Å². The highest BCUT2D eigenvalue weighted by atomic mass is 32.1. The highest BCUT2D eigenvalue weighted by molar-refractivity contribution is 7.15. The molecule has 0 spiro atoms. The molecule has 1 aromatic heterocycles. The predicted octanol–water partition coefficient (Wildman–Crippen LogP) is 2.68. The monoisotopic (exact) mass is 360 g/mol. The minimum absolute atomic E-state index is 0.0105. The highest BCUT2D eigenvalue weighted by Crippen LogP contribution is 2.25. The largest absolute Gasteiger partial charge is 0.449 e. The Balaban J connectivity index is 1.62. The number of fused-ring (bicyclic) bond motifs is 1. The number of hydrogen-bond acceptors (Lipinski definition) is 7. The van der Waals surface area contributed by atoms with Crippen LogP contribution in [0.4, 0.5) is 9.93 Å². The number of carbonyl (C=O) groups is 3. The number of unbranched alkanes of at least 4 members (excludes halogenated alkanes) is 1. The van der Waals surface area contributed by atoms with Crippen molar-refractivity contribution in [2.75, 3.05) is 11.9 Å². The predicted molar refractivity (Wildman–Crippen MR) is 90.4 cm³/mol. The fraction of sp³-hybridized carbons (Fsp3) is 0.312. The van der Waals surface area contributed by atoms with Crippen LogP contribution in [0.3, 0.4) is 0 Å². The summed E-state index contributed by atoms with van der Waals surface area (Å²) < 4.78 is 4.98. The molecule has 2 aromatic rings. The van der Waals surface area contributed by atoms with Gasteiger partial charge in [-0.2, -0.15) is 0 Å². The van der Waals surface area contributed by atoms with E-state index in [4.69, 9.17) is 4.74 Å². The number of ether oxygens (including phenoxy) is 1. The van der Waals surface area contributed by atoms with Crippen LogP contribution in [0.25, 0.3) is 0 Å². The molecule has 3 rings (SSSR count). The number of nitrogens with one attached hydrogen (secondary N) is 1. The number of benzene rings is 1. The summed E-state index contributed by atoms with van der Waals surface area (Å²) in [6.07, 6.45) is 1.11. The third-order valence-electron chi connectivity index (χ3n) is 3.58. The van der Waals surface area contributed by atoms with Crippen molar-refractivity contribution < 1.29 is 19.1 Å². The lowest BCUT2D eigenvalue weighted by Crippen LogP contribution is -2.29. The van der Waals surface area contributed by atoms with Crippen LogP contribution in [0, 0.1) is 0 Å². The van der Waals surface area contributed by atoms with E-state index >= 15 is 0 Å². The molecule has 0 saturated carbocycles. The van der Waals surface area contributed by atoms with Crippen molar-refractivity contribution >= 4 is 34.4 Å². The number of aromatic nitrogens is 2. The van der Waals surface area contributed by atoms with Gasteiger partial charge in [0.2, 0.25) is 5.13 Å². The molecule has 1 aliphatic heterocycles. The number of anilines is 1. The Morgan fingerprint density at radius 3 is 2.52 bits per heavy atom. The molecule has 0 radical (unpaired) electrons. The molecule has 3 amide bonds. The second kappa shape index (κ2) is 7.39. The number of nitrogens with zero attached hydrogens (tertiary/aromatic N) is 3. The lowest BCUT2D eigenvalue weighted by Gasteiger charge is -2.10. The smallest absolute Gasteiger partial charge is 0.413 e. The molecule has 2 heterocycles. The molecule has 0 saturated heterocycles. The topological polar surface area (TPSA) is 101 Å². The Labute approximate surface area is 147 Å². The van der Waals surface area contributed by atoms with E-state index in [0.717, 1.165) is 29.1 Å². The van der Waals surface area contributed by atoms with Crippen molar-refractivity contribution in [1.82, 2.24) is 15.1 Å². The zero-order chi connectivity index (χ0) is 17.8. The summed E-state index contributed by atoms with van der Waals surface area (Å²) in [5.74, 6) is -0.714. The van der Waals surface area contributed by atoms with Gasteiger partial charge in [0.1, 0.15) is 5.01 Å². The van der Waals surface area contributed by atoms with Crippen LogP contribution in [0.1, 0.15) is 45.5 Å². The third-order valence-corrected chi connectivity index (χ3v) is 4.40. The average molecular weight is 360 g/mol. The summed E-state index contributed by atoms with van der Waals surface area (Å²) in [6.45, 7) is 2.34. The van der Waals surface area contributed by atoms with Crippen LogP contribution in [0.5, 0.6) is 0 Å². The van der Waals surface area contributed by atoms with E-state index < -0.39 is 6.09 Å². The van der Waals surface area contributed by atoms with Crippen LogP contribution in [0.15, 0.2) is 24.3 Å². The summed E-state index contributed by atoms with van der Waals surface area (Å²) in [7, 11) is 0. The van der Waals surface area contributed by atoms with Gasteiger partial charge in [0, 0.05) is 0 Å². The number of carbonyl (C=O) groups excluding carboxylic acids is 3. The van der Waals surface area contributed by atoms with Gasteiger partial charge in [-0.15, -0.1) is 10.2 Å². The zero-order valence-corrected chi connectivity index (χ0v) is 14.3. The van der Waals surface area contributed by atoms with Gasteiger partial charge in [-0.1, -0.05) is 36.8 Å². The van der Waals surface area contributed by atoms with Crippen molar-refractivity contribution in [3.05, 3.63) is 40.4 Å². The summed E-state index contributed by atoms with van der Waals surface area (Å²) in [4.78, 5) is 37.3. The first-order chi connectivity index (χ1) is 12.1. The number of hydrogen-bond donors (Lipinski definition) is 1. The van der Waals surface area contributed by atoms with Gasteiger partial charge in [-0.25, -0.2) is 4.79 Å². The molecular formula is C16H16N4O4S. The van der Waals surface area contributed by atoms with Gasteiger partial charge in [0.25, 0.3) is 11.8 Å². The van der Waals surface area contributed by atoms with Gasteiger partial charge in [-0.05, 0) is 18.6 Å². The Bertz CT molecular complexity index is 785. The van der Waals surface area contributed by atoms with E-state index in [-0.39, 0.29) is 23.5 Å². The number of rotatable bonds is 6. The molecule has 9 heteroatoms. The molecule has 0 bridgehead atoms. The van der Waals surface area contributed by atoms with Gasteiger partial charge in [0.15, 0.2) is 0 Å². The van der Waals surface area contributed by atoms with Gasteiger partial charge >= 0.3 is 6.09 Å². The Morgan fingerprint density at radius 1 is 1.20 bits per heavy atom. The van der Waals surface area contributed by atoms with Gasteiger partial charge in [-0.3, -0.25) is 19.8 Å². The Hall–Kier alpha value is -2.81.